The molecule has 2 aromatic rings. The van der Waals surface area contributed by atoms with Crippen molar-refractivity contribution in [3.63, 3.8) is 0 Å². The van der Waals surface area contributed by atoms with Crippen LogP contribution < -0.4 is 0 Å². The minimum absolute atomic E-state index is 0.0164. The van der Waals surface area contributed by atoms with Crippen LogP contribution in [0.25, 0.3) is 0 Å². The van der Waals surface area contributed by atoms with E-state index in [-0.39, 0.29) is 6.04 Å². The molecule has 1 aromatic heterocycles. The van der Waals surface area contributed by atoms with Crippen molar-refractivity contribution >= 4 is 0 Å². The summed E-state index contributed by atoms with van der Waals surface area (Å²) in [4.78, 5) is 3.96. The minimum atomic E-state index is -0.511. The molecule has 0 N–H and O–H groups in total. The van der Waals surface area contributed by atoms with Gasteiger partial charge in [-0.2, -0.15) is 0 Å². The van der Waals surface area contributed by atoms with Crippen molar-refractivity contribution in [2.75, 3.05) is 0 Å². The summed E-state index contributed by atoms with van der Waals surface area (Å²) in [6.07, 6.45) is 6.63. The molecule has 0 saturated heterocycles. The van der Waals surface area contributed by atoms with Gasteiger partial charge in [-0.1, -0.05) is 0 Å². The van der Waals surface area contributed by atoms with Crippen LogP contribution in [-0.4, -0.2) is 9.55 Å². The molecule has 3 rings (SSSR count). The van der Waals surface area contributed by atoms with Crippen LogP contribution in [0.1, 0.15) is 23.6 Å². The van der Waals surface area contributed by atoms with E-state index in [0.29, 0.717) is 12.0 Å². The number of benzene rings is 1. The monoisotopic (exact) mass is 220 g/mol. The van der Waals surface area contributed by atoms with E-state index in [2.05, 4.69) is 4.98 Å². The first-order valence-electron chi connectivity index (χ1n) is 5.21. The Hall–Kier alpha value is -1.71. The van der Waals surface area contributed by atoms with Crippen LogP contribution in [0.5, 0.6) is 0 Å². The highest BCUT2D eigenvalue weighted by Crippen LogP contribution is 2.35. The molecule has 1 heterocycles. The SMILES string of the molecule is Fc1cc(F)c2c(c1)C(n1ccnc1)CC2. The maximum Gasteiger partial charge on any atom is 0.129 e. The highest BCUT2D eigenvalue weighted by atomic mass is 19.1. The maximum absolute atomic E-state index is 13.5. The van der Waals surface area contributed by atoms with Gasteiger partial charge in [-0.05, 0) is 30.0 Å². The minimum Gasteiger partial charge on any atom is -0.330 e. The van der Waals surface area contributed by atoms with Gasteiger partial charge >= 0.3 is 0 Å². The molecule has 16 heavy (non-hydrogen) atoms. The van der Waals surface area contributed by atoms with E-state index in [1.807, 2.05) is 10.8 Å². The Balaban J connectivity index is 2.12. The quantitative estimate of drug-likeness (QED) is 0.722. The molecule has 1 aromatic carbocycles. The van der Waals surface area contributed by atoms with Gasteiger partial charge in [0.15, 0.2) is 0 Å². The molecule has 0 aliphatic heterocycles. The van der Waals surface area contributed by atoms with Crippen LogP contribution in [0.15, 0.2) is 30.9 Å². The number of hydrogen-bond acceptors (Lipinski definition) is 1. The van der Waals surface area contributed by atoms with Crippen molar-refractivity contribution in [3.8, 4) is 0 Å². The highest BCUT2D eigenvalue weighted by molar-refractivity contribution is 5.36. The Labute approximate surface area is 91.5 Å². The molecular formula is C12H10F2N2. The van der Waals surface area contributed by atoms with Gasteiger partial charge in [0.25, 0.3) is 0 Å². The standard InChI is InChI=1S/C12H10F2N2/c13-8-5-10-9(11(14)6-8)1-2-12(10)16-4-3-15-7-16/h3-7,12H,1-2H2. The third kappa shape index (κ3) is 1.33. The predicted octanol–water partition coefficient (Wildman–Crippen LogP) is 2.70. The van der Waals surface area contributed by atoms with Crippen LogP contribution >= 0.6 is 0 Å². The molecule has 0 radical (unpaired) electrons. The van der Waals surface area contributed by atoms with E-state index in [0.717, 1.165) is 18.1 Å². The van der Waals surface area contributed by atoms with Crippen molar-refractivity contribution in [2.45, 2.75) is 18.9 Å². The van der Waals surface area contributed by atoms with Crippen LogP contribution in [-0.2, 0) is 6.42 Å². The van der Waals surface area contributed by atoms with E-state index in [1.54, 1.807) is 12.5 Å². The summed E-state index contributed by atoms with van der Waals surface area (Å²) in [7, 11) is 0. The second kappa shape index (κ2) is 3.40. The van der Waals surface area contributed by atoms with E-state index in [4.69, 9.17) is 0 Å². The lowest BCUT2D eigenvalue weighted by molar-refractivity contribution is 0.565. The fourth-order valence-corrected chi connectivity index (χ4v) is 2.38. The van der Waals surface area contributed by atoms with Gasteiger partial charge in [0.05, 0.1) is 12.4 Å². The average Bonchev–Trinajstić information content (AvgIpc) is 2.83. The molecule has 4 heteroatoms. The third-order valence-electron chi connectivity index (χ3n) is 3.11. The molecule has 0 spiro atoms. The van der Waals surface area contributed by atoms with Crippen molar-refractivity contribution < 1.29 is 8.78 Å². The number of aromatic nitrogens is 2. The molecule has 1 aliphatic rings. The molecule has 0 fully saturated rings. The van der Waals surface area contributed by atoms with Gasteiger partial charge in [-0.25, -0.2) is 13.8 Å². The fourth-order valence-electron chi connectivity index (χ4n) is 2.38. The van der Waals surface area contributed by atoms with Crippen molar-refractivity contribution in [1.82, 2.24) is 9.55 Å². The van der Waals surface area contributed by atoms with Crippen LogP contribution in [0.3, 0.4) is 0 Å². The Bertz CT molecular complexity index is 520. The van der Waals surface area contributed by atoms with Crippen molar-refractivity contribution in [2.24, 2.45) is 0 Å². The summed E-state index contributed by atoms with van der Waals surface area (Å²) < 4.78 is 28.6. The molecular weight excluding hydrogens is 210 g/mol. The number of imidazole rings is 1. The Morgan fingerprint density at radius 1 is 1.31 bits per heavy atom. The van der Waals surface area contributed by atoms with Gasteiger partial charge in [-0.15, -0.1) is 0 Å². The third-order valence-corrected chi connectivity index (χ3v) is 3.11. The van der Waals surface area contributed by atoms with Crippen LogP contribution in [0.4, 0.5) is 8.78 Å². The lowest BCUT2D eigenvalue weighted by Gasteiger charge is -2.13. The van der Waals surface area contributed by atoms with E-state index < -0.39 is 11.6 Å². The zero-order valence-electron chi connectivity index (χ0n) is 8.53. The zero-order valence-corrected chi connectivity index (χ0v) is 8.53. The molecule has 0 bridgehead atoms. The number of fused-ring (bicyclic) bond motifs is 1. The van der Waals surface area contributed by atoms with E-state index >= 15 is 0 Å². The summed E-state index contributed by atoms with van der Waals surface area (Å²) in [6.45, 7) is 0. The summed E-state index contributed by atoms with van der Waals surface area (Å²) >= 11 is 0. The van der Waals surface area contributed by atoms with Crippen LogP contribution in [0, 0.1) is 11.6 Å². The smallest absolute Gasteiger partial charge is 0.129 e. The zero-order chi connectivity index (χ0) is 11.1. The van der Waals surface area contributed by atoms with Gasteiger partial charge in [-0.3, -0.25) is 0 Å². The Morgan fingerprint density at radius 2 is 2.19 bits per heavy atom. The first-order chi connectivity index (χ1) is 7.75. The van der Waals surface area contributed by atoms with Gasteiger partial charge in [0.2, 0.25) is 0 Å². The molecule has 82 valence electrons. The first kappa shape index (κ1) is 9.51. The molecule has 0 saturated carbocycles. The molecule has 1 unspecified atom stereocenters. The number of rotatable bonds is 1. The normalized spacial score (nSPS) is 18.8. The predicted molar refractivity (Wildman–Crippen MR) is 55.0 cm³/mol. The number of hydrogen-bond donors (Lipinski definition) is 0. The summed E-state index contributed by atoms with van der Waals surface area (Å²) in [5, 5.41) is 0. The van der Waals surface area contributed by atoms with Gasteiger partial charge in [0.1, 0.15) is 11.6 Å². The Morgan fingerprint density at radius 3 is 2.94 bits per heavy atom. The maximum atomic E-state index is 13.5. The largest absolute Gasteiger partial charge is 0.330 e. The number of halogens is 2. The topological polar surface area (TPSA) is 17.8 Å². The molecule has 1 atom stereocenters. The van der Waals surface area contributed by atoms with Crippen LogP contribution in [0.2, 0.25) is 0 Å². The second-order valence-electron chi connectivity index (χ2n) is 4.02. The van der Waals surface area contributed by atoms with Gasteiger partial charge < -0.3 is 4.57 Å². The van der Waals surface area contributed by atoms with E-state index in [1.165, 1.54) is 6.07 Å². The average molecular weight is 220 g/mol. The van der Waals surface area contributed by atoms with E-state index in [9.17, 15) is 8.78 Å². The molecule has 1 aliphatic carbocycles. The highest BCUT2D eigenvalue weighted by Gasteiger charge is 2.26. The lowest BCUT2D eigenvalue weighted by atomic mass is 10.1. The fraction of sp³-hybridized carbons (Fsp3) is 0.250. The first-order valence-corrected chi connectivity index (χ1v) is 5.21. The number of nitrogens with zero attached hydrogens (tertiary/aromatic N) is 2. The molecule has 0 amide bonds. The second-order valence-corrected chi connectivity index (χ2v) is 4.02. The molecule has 2 nitrogen and oxygen atoms in total. The van der Waals surface area contributed by atoms with Crippen molar-refractivity contribution in [3.05, 3.63) is 53.6 Å². The Kier molecular flexibility index (Phi) is 2.02. The summed E-state index contributed by atoms with van der Waals surface area (Å²) in [6, 6.07) is 2.40. The lowest BCUT2D eigenvalue weighted by Crippen LogP contribution is -2.05. The van der Waals surface area contributed by atoms with Crippen molar-refractivity contribution in [1.29, 1.82) is 0 Å². The summed E-state index contributed by atoms with van der Waals surface area (Å²) in [5.74, 6) is -0.944. The summed E-state index contributed by atoms with van der Waals surface area (Å²) in [5.41, 5.74) is 1.38. The van der Waals surface area contributed by atoms with Gasteiger partial charge in [0, 0.05) is 18.5 Å².